The van der Waals surface area contributed by atoms with Crippen molar-refractivity contribution in [2.75, 3.05) is 23.9 Å². The molecule has 5 nitrogen and oxygen atoms in total. The number of benzene rings is 1. The first-order valence-corrected chi connectivity index (χ1v) is 8.49. The number of hydrogen-bond donors (Lipinski definition) is 2. The van der Waals surface area contributed by atoms with Crippen LogP contribution in [0, 0.1) is 0 Å². The number of thiocarbonyl (C=S) groups is 1. The maximum Gasteiger partial charge on any atom is 0.171 e. The zero-order chi connectivity index (χ0) is 14.8. The van der Waals surface area contributed by atoms with Crippen LogP contribution < -0.4 is 15.4 Å². The first-order chi connectivity index (χ1) is 9.32. The van der Waals surface area contributed by atoms with Crippen LogP contribution in [0.25, 0.3) is 0 Å². The zero-order valence-electron chi connectivity index (χ0n) is 11.5. The number of sulfone groups is 1. The van der Waals surface area contributed by atoms with Crippen LogP contribution >= 0.6 is 12.2 Å². The van der Waals surface area contributed by atoms with E-state index in [-0.39, 0.29) is 11.5 Å². The van der Waals surface area contributed by atoms with Gasteiger partial charge < -0.3 is 15.4 Å². The summed E-state index contributed by atoms with van der Waals surface area (Å²) in [7, 11) is -1.34. The third kappa shape index (κ3) is 3.83. The summed E-state index contributed by atoms with van der Waals surface area (Å²) in [6, 6.07) is 7.35. The van der Waals surface area contributed by atoms with Crippen molar-refractivity contribution in [3.63, 3.8) is 0 Å². The van der Waals surface area contributed by atoms with Gasteiger partial charge in [-0.3, -0.25) is 0 Å². The molecule has 0 spiro atoms. The lowest BCUT2D eigenvalue weighted by atomic mass is 10.0. The Balaban J connectivity index is 1.95. The molecular formula is C13H18N2O3S2. The van der Waals surface area contributed by atoms with Gasteiger partial charge in [0.2, 0.25) is 0 Å². The van der Waals surface area contributed by atoms with Gasteiger partial charge in [0.25, 0.3) is 0 Å². The molecule has 0 saturated carbocycles. The second-order valence-corrected chi connectivity index (χ2v) is 7.80. The van der Waals surface area contributed by atoms with E-state index >= 15 is 0 Å². The quantitative estimate of drug-likeness (QED) is 0.825. The Hall–Kier alpha value is -1.34. The van der Waals surface area contributed by atoms with Gasteiger partial charge in [0.15, 0.2) is 14.9 Å². The fraction of sp³-hybridized carbons (Fsp3) is 0.462. The van der Waals surface area contributed by atoms with Crippen LogP contribution in [0.1, 0.15) is 13.3 Å². The third-order valence-corrected chi connectivity index (χ3v) is 5.37. The normalized spacial score (nSPS) is 24.1. The van der Waals surface area contributed by atoms with Crippen molar-refractivity contribution in [3.05, 3.63) is 24.3 Å². The van der Waals surface area contributed by atoms with E-state index in [1.807, 2.05) is 31.2 Å². The smallest absolute Gasteiger partial charge is 0.171 e. The summed E-state index contributed by atoms with van der Waals surface area (Å²) >= 11 is 5.23. The van der Waals surface area contributed by atoms with E-state index in [9.17, 15) is 8.42 Å². The lowest BCUT2D eigenvalue weighted by molar-refractivity contribution is 0.415. The van der Waals surface area contributed by atoms with Crippen molar-refractivity contribution in [1.82, 2.24) is 5.32 Å². The number of rotatable bonds is 3. The van der Waals surface area contributed by atoms with Gasteiger partial charge in [-0.15, -0.1) is 0 Å². The summed E-state index contributed by atoms with van der Waals surface area (Å²) in [6.45, 7) is 1.87. The van der Waals surface area contributed by atoms with Gasteiger partial charge in [0.1, 0.15) is 5.75 Å². The van der Waals surface area contributed by atoms with E-state index in [4.69, 9.17) is 17.0 Å². The summed E-state index contributed by atoms with van der Waals surface area (Å²) in [4.78, 5) is 0. The second kappa shape index (κ2) is 5.57. The molecule has 1 atom stereocenters. The number of anilines is 1. The maximum atomic E-state index is 11.5. The standard InChI is InChI=1S/C13H18N2O3S2/c1-13(7-8-20(16,17)9-13)15-12(19)14-10-3-5-11(18-2)6-4-10/h3-6H,7-9H2,1-2H3,(H2,14,15,19)/t13-/m0/s1. The lowest BCUT2D eigenvalue weighted by Gasteiger charge is -2.26. The van der Waals surface area contributed by atoms with Crippen molar-refractivity contribution in [2.24, 2.45) is 0 Å². The van der Waals surface area contributed by atoms with Gasteiger partial charge in [-0.25, -0.2) is 8.42 Å². The third-order valence-electron chi connectivity index (χ3n) is 3.27. The van der Waals surface area contributed by atoms with Crippen molar-refractivity contribution >= 4 is 32.9 Å². The monoisotopic (exact) mass is 314 g/mol. The van der Waals surface area contributed by atoms with E-state index in [1.54, 1.807) is 7.11 Å². The number of ether oxygens (including phenoxy) is 1. The first kappa shape index (κ1) is 15.1. The average molecular weight is 314 g/mol. The molecule has 0 aromatic heterocycles. The predicted octanol–water partition coefficient (Wildman–Crippen LogP) is 1.56. The SMILES string of the molecule is COc1ccc(NC(=S)N[C@@]2(C)CCS(=O)(=O)C2)cc1. The van der Waals surface area contributed by atoms with E-state index in [0.717, 1.165) is 11.4 Å². The van der Waals surface area contributed by atoms with Crippen LogP contribution in [0.2, 0.25) is 0 Å². The number of hydrogen-bond acceptors (Lipinski definition) is 4. The Morgan fingerprint density at radius 1 is 1.35 bits per heavy atom. The minimum absolute atomic E-state index is 0.116. The molecule has 1 aliphatic rings. The first-order valence-electron chi connectivity index (χ1n) is 6.26. The largest absolute Gasteiger partial charge is 0.497 e. The van der Waals surface area contributed by atoms with Crippen molar-refractivity contribution < 1.29 is 13.2 Å². The Labute approximate surface area is 124 Å². The highest BCUT2D eigenvalue weighted by molar-refractivity contribution is 7.91. The van der Waals surface area contributed by atoms with E-state index in [1.165, 1.54) is 0 Å². The minimum Gasteiger partial charge on any atom is -0.497 e. The molecule has 1 saturated heterocycles. The molecule has 1 aliphatic heterocycles. The Morgan fingerprint density at radius 2 is 2.00 bits per heavy atom. The number of nitrogens with one attached hydrogen (secondary N) is 2. The van der Waals surface area contributed by atoms with Gasteiger partial charge in [-0.1, -0.05) is 0 Å². The summed E-state index contributed by atoms with van der Waals surface area (Å²) in [5.41, 5.74) is 0.336. The molecule has 7 heteroatoms. The molecule has 0 radical (unpaired) electrons. The summed E-state index contributed by atoms with van der Waals surface area (Å²) in [6.07, 6.45) is 0.569. The highest BCUT2D eigenvalue weighted by atomic mass is 32.2. The van der Waals surface area contributed by atoms with Crippen molar-refractivity contribution in [3.8, 4) is 5.75 Å². The van der Waals surface area contributed by atoms with Gasteiger partial charge in [-0.2, -0.15) is 0 Å². The fourth-order valence-corrected chi connectivity index (χ4v) is 4.68. The lowest BCUT2D eigenvalue weighted by Crippen LogP contribution is -2.48. The van der Waals surface area contributed by atoms with Crippen LogP contribution in [0.15, 0.2) is 24.3 Å². The van der Waals surface area contributed by atoms with Crippen molar-refractivity contribution in [1.29, 1.82) is 0 Å². The average Bonchev–Trinajstić information content (AvgIpc) is 2.64. The summed E-state index contributed by atoms with van der Waals surface area (Å²) in [5.74, 6) is 1.09. The van der Waals surface area contributed by atoms with Gasteiger partial charge in [0, 0.05) is 5.69 Å². The molecule has 2 N–H and O–H groups in total. The van der Waals surface area contributed by atoms with Gasteiger partial charge in [-0.05, 0) is 49.8 Å². The van der Waals surface area contributed by atoms with Crippen LogP contribution in [0.3, 0.4) is 0 Å². The molecule has 1 aromatic rings. The molecular weight excluding hydrogens is 296 g/mol. The Kier molecular flexibility index (Phi) is 4.19. The van der Waals surface area contributed by atoms with Gasteiger partial charge >= 0.3 is 0 Å². The Bertz CT molecular complexity index is 599. The Morgan fingerprint density at radius 3 is 2.50 bits per heavy atom. The van der Waals surface area contributed by atoms with Crippen LogP contribution in [-0.4, -0.2) is 37.7 Å². The van der Waals surface area contributed by atoms with Gasteiger partial charge in [0.05, 0.1) is 24.2 Å². The van der Waals surface area contributed by atoms with E-state index in [0.29, 0.717) is 11.5 Å². The summed E-state index contributed by atoms with van der Waals surface area (Å²) < 4.78 is 28.2. The topological polar surface area (TPSA) is 67.4 Å². The molecule has 1 fully saturated rings. The second-order valence-electron chi connectivity index (χ2n) is 5.21. The number of methoxy groups -OCH3 is 1. The summed E-state index contributed by atoms with van der Waals surface area (Å²) in [5, 5.41) is 6.57. The molecule has 0 aliphatic carbocycles. The minimum atomic E-state index is -2.95. The van der Waals surface area contributed by atoms with E-state index in [2.05, 4.69) is 10.6 Å². The molecule has 0 amide bonds. The van der Waals surface area contributed by atoms with E-state index < -0.39 is 15.4 Å². The van der Waals surface area contributed by atoms with Crippen LogP contribution in [0.5, 0.6) is 5.75 Å². The molecule has 1 heterocycles. The molecule has 2 rings (SSSR count). The molecule has 0 unspecified atom stereocenters. The van der Waals surface area contributed by atoms with Crippen LogP contribution in [0.4, 0.5) is 5.69 Å². The fourth-order valence-electron chi connectivity index (χ4n) is 2.22. The predicted molar refractivity (Wildman–Crippen MR) is 84.0 cm³/mol. The van der Waals surface area contributed by atoms with Crippen LogP contribution in [-0.2, 0) is 9.84 Å². The molecule has 20 heavy (non-hydrogen) atoms. The maximum absolute atomic E-state index is 11.5. The molecule has 110 valence electrons. The van der Waals surface area contributed by atoms with Crippen molar-refractivity contribution in [2.45, 2.75) is 18.9 Å². The highest BCUT2D eigenvalue weighted by Gasteiger charge is 2.38. The highest BCUT2D eigenvalue weighted by Crippen LogP contribution is 2.23. The molecule has 0 bridgehead atoms. The molecule has 1 aromatic carbocycles. The zero-order valence-corrected chi connectivity index (χ0v) is 13.1.